The molecule has 1 N–H and O–H groups in total. The van der Waals surface area contributed by atoms with Crippen LogP contribution in [-0.2, 0) is 25.9 Å². The van der Waals surface area contributed by atoms with Crippen molar-refractivity contribution in [1.82, 2.24) is 5.32 Å². The minimum absolute atomic E-state index is 0. The molecule has 1 aromatic carbocycles. The molecule has 0 saturated carbocycles. The van der Waals surface area contributed by atoms with Crippen LogP contribution in [0.2, 0.25) is 0 Å². The number of carbonyl (C=O) groups is 2. The number of furan rings is 1. The molecule has 0 saturated heterocycles. The van der Waals surface area contributed by atoms with E-state index in [0.717, 1.165) is 5.39 Å². The van der Waals surface area contributed by atoms with Crippen LogP contribution in [0, 0.1) is 12.8 Å². The van der Waals surface area contributed by atoms with Gasteiger partial charge in [0.25, 0.3) is 5.91 Å². The summed E-state index contributed by atoms with van der Waals surface area (Å²) in [5, 5.41) is 3.54. The number of nitrogens with one attached hydrogen (secondary N) is 1. The van der Waals surface area contributed by atoms with Crippen molar-refractivity contribution < 1.29 is 35.1 Å². The summed E-state index contributed by atoms with van der Waals surface area (Å²) in [6, 6.07) is 8.48. The van der Waals surface area contributed by atoms with Crippen LogP contribution >= 0.6 is 0 Å². The fraction of sp³-hybridized carbons (Fsp3) is 0.312. The van der Waals surface area contributed by atoms with Gasteiger partial charge in [0, 0.05) is 32.2 Å². The molecule has 0 aliphatic rings. The van der Waals surface area contributed by atoms with Crippen LogP contribution in [0.3, 0.4) is 0 Å². The smallest absolute Gasteiger partial charge is 0.287 e. The zero-order chi connectivity index (χ0) is 14.7. The Morgan fingerprint density at radius 3 is 2.52 bits per heavy atom. The molecule has 4 nitrogen and oxygen atoms in total. The van der Waals surface area contributed by atoms with E-state index in [1.807, 2.05) is 32.0 Å². The molecule has 0 aliphatic heterocycles. The van der Waals surface area contributed by atoms with E-state index in [1.165, 1.54) is 0 Å². The number of hydrogen-bond acceptors (Lipinski definition) is 3. The molecule has 0 unspecified atom stereocenters. The largest absolute Gasteiger partial charge is 0.451 e. The van der Waals surface area contributed by atoms with Gasteiger partial charge in [-0.05, 0) is 24.5 Å². The molecule has 5 heteroatoms. The Kier molecular flexibility index (Phi) is 6.22. The van der Waals surface area contributed by atoms with Gasteiger partial charge in [-0.2, -0.15) is 0 Å². The average molecular weight is 456 g/mol. The van der Waals surface area contributed by atoms with Crippen molar-refractivity contribution in [3.63, 3.8) is 0 Å². The van der Waals surface area contributed by atoms with Crippen molar-refractivity contribution in [2.75, 3.05) is 0 Å². The molecule has 2 rings (SSSR count). The van der Waals surface area contributed by atoms with Gasteiger partial charge >= 0.3 is 0 Å². The predicted octanol–water partition coefficient (Wildman–Crippen LogP) is 2.98. The van der Waals surface area contributed by atoms with E-state index in [9.17, 15) is 9.59 Å². The number of fused-ring (bicyclic) bond motifs is 1. The van der Waals surface area contributed by atoms with Gasteiger partial charge < -0.3 is 21.5 Å². The van der Waals surface area contributed by atoms with Gasteiger partial charge in [0.05, 0.1) is 6.04 Å². The molecule has 0 fully saturated rings. The maximum Gasteiger partial charge on any atom is 0.287 e. The third kappa shape index (κ3) is 4.47. The van der Waals surface area contributed by atoms with Gasteiger partial charge in [-0.1, -0.05) is 32.0 Å². The van der Waals surface area contributed by atoms with Crippen LogP contribution in [-0.4, -0.2) is 17.7 Å². The summed E-state index contributed by atoms with van der Waals surface area (Å²) < 4.78 is 5.47. The molecule has 1 amide bonds. The minimum atomic E-state index is -0.573. The van der Waals surface area contributed by atoms with E-state index in [2.05, 4.69) is 12.2 Å². The quantitative estimate of drug-likeness (QED) is 0.705. The first-order valence-electron chi connectivity index (χ1n) is 6.62. The molecule has 112 valence electrons. The molecular formula is C16H18NO3W-. The van der Waals surface area contributed by atoms with Gasteiger partial charge in [0.1, 0.15) is 5.58 Å². The average Bonchev–Trinajstić information content (AvgIpc) is 2.81. The summed E-state index contributed by atoms with van der Waals surface area (Å²) >= 11 is 0. The van der Waals surface area contributed by atoms with Gasteiger partial charge in [-0.3, -0.25) is 4.79 Å². The van der Waals surface area contributed by atoms with Crippen LogP contribution in [0.1, 0.15) is 30.8 Å². The van der Waals surface area contributed by atoms with Crippen LogP contribution in [0.5, 0.6) is 0 Å². The van der Waals surface area contributed by atoms with Crippen molar-refractivity contribution >= 4 is 22.7 Å². The summed E-state index contributed by atoms with van der Waals surface area (Å²) in [6.07, 6.45) is 0.564. The van der Waals surface area contributed by atoms with Gasteiger partial charge in [0.15, 0.2) is 5.76 Å². The number of amides is 1. The summed E-state index contributed by atoms with van der Waals surface area (Å²) in [6.45, 7) is 7.38. The Morgan fingerprint density at radius 1 is 1.29 bits per heavy atom. The van der Waals surface area contributed by atoms with E-state index in [4.69, 9.17) is 4.42 Å². The van der Waals surface area contributed by atoms with Crippen molar-refractivity contribution in [1.29, 1.82) is 0 Å². The van der Waals surface area contributed by atoms with E-state index in [1.54, 1.807) is 12.1 Å². The van der Waals surface area contributed by atoms with E-state index >= 15 is 0 Å². The van der Waals surface area contributed by atoms with Crippen LogP contribution in [0.4, 0.5) is 0 Å². The first-order chi connectivity index (χ1) is 9.47. The SMILES string of the molecule is [CH2-]C(=O)[C@H](CC(C)C)NC(=O)c1cc2ccccc2o1.[W]. The summed E-state index contributed by atoms with van der Waals surface area (Å²) in [7, 11) is 0. The Labute approximate surface area is 138 Å². The first-order valence-corrected chi connectivity index (χ1v) is 6.62. The summed E-state index contributed by atoms with van der Waals surface area (Å²) in [5.41, 5.74) is 0.652. The molecule has 2 aromatic rings. The van der Waals surface area contributed by atoms with Crippen LogP contribution in [0.25, 0.3) is 11.0 Å². The second kappa shape index (κ2) is 7.46. The summed E-state index contributed by atoms with van der Waals surface area (Å²) in [4.78, 5) is 23.6. The van der Waals surface area contributed by atoms with Crippen molar-refractivity contribution in [2.45, 2.75) is 26.3 Å². The second-order valence-corrected chi connectivity index (χ2v) is 5.27. The first kappa shape index (κ1) is 17.5. The molecule has 21 heavy (non-hydrogen) atoms. The number of rotatable bonds is 5. The van der Waals surface area contributed by atoms with Gasteiger partial charge in [0.2, 0.25) is 0 Å². The van der Waals surface area contributed by atoms with Crippen LogP contribution < -0.4 is 5.32 Å². The van der Waals surface area contributed by atoms with Crippen molar-refractivity contribution in [2.24, 2.45) is 5.92 Å². The molecule has 0 radical (unpaired) electrons. The number of carbonyl (C=O) groups excluding carboxylic acids is 2. The molecule has 1 aromatic heterocycles. The number of hydrogen-bond donors (Lipinski definition) is 1. The molecule has 1 atom stereocenters. The Hall–Kier alpha value is -1.54. The maximum atomic E-state index is 12.1. The van der Waals surface area contributed by atoms with E-state index in [0.29, 0.717) is 17.9 Å². The molecular weight excluding hydrogens is 438 g/mol. The zero-order valence-corrected chi connectivity index (χ0v) is 15.0. The normalized spacial score (nSPS) is 12.0. The third-order valence-corrected chi connectivity index (χ3v) is 3.05. The Bertz CT molecular complexity index is 600. The van der Waals surface area contributed by atoms with Gasteiger partial charge in [-0.25, -0.2) is 0 Å². The molecule has 0 spiro atoms. The van der Waals surface area contributed by atoms with Crippen molar-refractivity contribution in [3.8, 4) is 0 Å². The number of Topliss-reactive ketones (excluding diaryl/α,β-unsaturated/α-hetero) is 1. The monoisotopic (exact) mass is 456 g/mol. The number of benzene rings is 1. The van der Waals surface area contributed by atoms with E-state index in [-0.39, 0.29) is 38.5 Å². The Morgan fingerprint density at radius 2 is 1.95 bits per heavy atom. The van der Waals surface area contributed by atoms with Crippen LogP contribution in [0.15, 0.2) is 34.7 Å². The zero-order valence-electron chi connectivity index (χ0n) is 12.1. The Balaban J connectivity index is 0.00000220. The predicted molar refractivity (Wildman–Crippen MR) is 77.3 cm³/mol. The fourth-order valence-electron chi connectivity index (χ4n) is 2.07. The van der Waals surface area contributed by atoms with E-state index < -0.39 is 6.04 Å². The maximum absolute atomic E-state index is 12.1. The number of ketones is 1. The molecule has 0 aliphatic carbocycles. The molecule has 0 bridgehead atoms. The summed E-state index contributed by atoms with van der Waals surface area (Å²) in [5.74, 6) is -0.171. The fourth-order valence-corrected chi connectivity index (χ4v) is 2.07. The van der Waals surface area contributed by atoms with Crippen molar-refractivity contribution in [3.05, 3.63) is 43.0 Å². The minimum Gasteiger partial charge on any atom is -0.451 e. The topological polar surface area (TPSA) is 59.3 Å². The standard InChI is InChI=1S/C16H18NO3.W/c1-10(2)8-13(11(3)18)17-16(19)15-9-12-6-4-5-7-14(12)20-15;/h4-7,9-10,13H,3,8H2,1-2H3,(H,17,19);/q-1;/t13-;/m0./s1. The number of para-hydroxylation sites is 1. The third-order valence-electron chi connectivity index (χ3n) is 3.05. The molecule has 1 heterocycles. The second-order valence-electron chi connectivity index (χ2n) is 5.27. The van der Waals surface area contributed by atoms with Gasteiger partial charge in [-0.15, -0.1) is 0 Å².